The van der Waals surface area contributed by atoms with Crippen LogP contribution in [0.15, 0.2) is 59.6 Å². The summed E-state index contributed by atoms with van der Waals surface area (Å²) >= 11 is 1.35. The third-order valence-corrected chi connectivity index (χ3v) is 4.87. The fraction of sp³-hybridized carbons (Fsp3) is 0.158. The summed E-state index contributed by atoms with van der Waals surface area (Å²) in [6, 6.07) is 16.4. The molecule has 0 bridgehead atoms. The number of thioether (sulfide) groups is 1. The van der Waals surface area contributed by atoms with Crippen molar-refractivity contribution < 1.29 is 9.90 Å². The van der Waals surface area contributed by atoms with Crippen LogP contribution in [-0.4, -0.2) is 21.3 Å². The van der Waals surface area contributed by atoms with Crippen molar-refractivity contribution in [2.75, 3.05) is 0 Å². The maximum atomic E-state index is 11.1. The third kappa shape index (κ3) is 3.37. The lowest BCUT2D eigenvalue weighted by molar-refractivity contribution is -0.136. The van der Waals surface area contributed by atoms with E-state index in [1.54, 1.807) is 13.1 Å². The summed E-state index contributed by atoms with van der Waals surface area (Å²) in [6.07, 6.45) is 1.73. The minimum Gasteiger partial charge on any atom is -0.480 e. The van der Waals surface area contributed by atoms with Gasteiger partial charge in [0.05, 0.1) is 5.52 Å². The zero-order valence-corrected chi connectivity index (χ0v) is 13.8. The first-order chi connectivity index (χ1) is 11.0. The number of hydrogen-bond donors (Lipinski definition) is 1. The van der Waals surface area contributed by atoms with Crippen molar-refractivity contribution in [3.63, 3.8) is 0 Å². The summed E-state index contributed by atoms with van der Waals surface area (Å²) in [5.74, 6) is -0.810. The number of carboxylic acid groups (broad SMARTS) is 1. The minimum atomic E-state index is -0.810. The van der Waals surface area contributed by atoms with Gasteiger partial charge in [0.15, 0.2) is 0 Å². The Morgan fingerprint density at radius 2 is 1.91 bits per heavy atom. The topological polar surface area (TPSA) is 50.2 Å². The average Bonchev–Trinajstić information content (AvgIpc) is 2.54. The predicted molar refractivity (Wildman–Crippen MR) is 94.9 cm³/mol. The lowest BCUT2D eigenvalue weighted by Crippen LogP contribution is -2.11. The van der Waals surface area contributed by atoms with E-state index in [2.05, 4.69) is 42.2 Å². The van der Waals surface area contributed by atoms with E-state index in [0.717, 1.165) is 26.9 Å². The molecule has 3 aromatic rings. The van der Waals surface area contributed by atoms with Crippen LogP contribution in [0.2, 0.25) is 0 Å². The first-order valence-electron chi connectivity index (χ1n) is 7.40. The van der Waals surface area contributed by atoms with Crippen molar-refractivity contribution in [2.45, 2.75) is 24.0 Å². The second-order valence-electron chi connectivity index (χ2n) is 5.51. The highest BCUT2D eigenvalue weighted by molar-refractivity contribution is 8.00. The largest absolute Gasteiger partial charge is 0.480 e. The molecule has 4 heteroatoms. The average molecular weight is 323 g/mol. The summed E-state index contributed by atoms with van der Waals surface area (Å²) in [5.41, 5.74) is 4.35. The fourth-order valence-electron chi connectivity index (χ4n) is 2.47. The van der Waals surface area contributed by atoms with E-state index in [4.69, 9.17) is 5.11 Å². The molecule has 1 aromatic heterocycles. The van der Waals surface area contributed by atoms with Crippen molar-refractivity contribution in [1.82, 2.24) is 4.98 Å². The molecule has 23 heavy (non-hydrogen) atoms. The summed E-state index contributed by atoms with van der Waals surface area (Å²) in [6.45, 7) is 3.77. The number of aromatic nitrogens is 1. The molecular weight excluding hydrogens is 306 g/mol. The molecule has 2 aromatic carbocycles. The molecule has 0 aliphatic heterocycles. The number of carbonyl (C=O) groups is 1. The van der Waals surface area contributed by atoms with Crippen molar-refractivity contribution in [2.24, 2.45) is 0 Å². The van der Waals surface area contributed by atoms with Crippen molar-refractivity contribution in [1.29, 1.82) is 0 Å². The lowest BCUT2D eigenvalue weighted by atomic mass is 10.0. The second kappa shape index (κ2) is 6.42. The van der Waals surface area contributed by atoms with Crippen LogP contribution in [0, 0.1) is 6.92 Å². The van der Waals surface area contributed by atoms with Crippen LogP contribution in [0.25, 0.3) is 22.0 Å². The van der Waals surface area contributed by atoms with Gasteiger partial charge >= 0.3 is 5.97 Å². The number of aryl methyl sites for hydroxylation is 1. The quantitative estimate of drug-likeness (QED) is 0.702. The van der Waals surface area contributed by atoms with E-state index < -0.39 is 11.2 Å². The van der Waals surface area contributed by atoms with Crippen molar-refractivity contribution in [3.05, 3.63) is 60.3 Å². The van der Waals surface area contributed by atoms with E-state index in [-0.39, 0.29) is 0 Å². The smallest absolute Gasteiger partial charge is 0.316 e. The molecule has 1 heterocycles. The molecule has 3 rings (SSSR count). The summed E-state index contributed by atoms with van der Waals surface area (Å²) in [4.78, 5) is 16.5. The number of hydrogen-bond acceptors (Lipinski definition) is 3. The molecule has 0 fully saturated rings. The highest BCUT2D eigenvalue weighted by Crippen LogP contribution is 2.33. The summed E-state index contributed by atoms with van der Waals surface area (Å²) < 4.78 is 0. The molecule has 0 aliphatic carbocycles. The number of carboxylic acids is 1. The van der Waals surface area contributed by atoms with Gasteiger partial charge in [-0.05, 0) is 43.2 Å². The van der Waals surface area contributed by atoms with Crippen LogP contribution in [0.4, 0.5) is 0 Å². The van der Waals surface area contributed by atoms with E-state index in [9.17, 15) is 4.79 Å². The normalized spacial score (nSPS) is 12.3. The summed E-state index contributed by atoms with van der Waals surface area (Å²) in [7, 11) is 0. The number of nitrogens with zero attached hydrogens (tertiary/aromatic N) is 1. The van der Waals surface area contributed by atoms with Gasteiger partial charge < -0.3 is 5.11 Å². The van der Waals surface area contributed by atoms with Crippen LogP contribution in [-0.2, 0) is 4.79 Å². The van der Waals surface area contributed by atoms with Crippen LogP contribution in [0.5, 0.6) is 0 Å². The molecule has 0 radical (unpaired) electrons. The molecule has 116 valence electrons. The molecule has 1 atom stereocenters. The first kappa shape index (κ1) is 15.6. The zero-order valence-electron chi connectivity index (χ0n) is 13.0. The Hall–Kier alpha value is -2.33. The van der Waals surface area contributed by atoms with E-state index >= 15 is 0 Å². The van der Waals surface area contributed by atoms with Crippen LogP contribution >= 0.6 is 11.8 Å². The summed E-state index contributed by atoms with van der Waals surface area (Å²) in [5, 5.41) is 9.64. The van der Waals surface area contributed by atoms with Crippen molar-refractivity contribution >= 4 is 28.6 Å². The molecule has 0 saturated carbocycles. The highest BCUT2D eigenvalue weighted by Gasteiger charge is 2.14. The Balaban J connectivity index is 2.09. The maximum Gasteiger partial charge on any atom is 0.316 e. The Morgan fingerprint density at radius 3 is 2.65 bits per heavy atom. The molecular formula is C19H17NO2S. The Kier molecular flexibility index (Phi) is 4.35. The number of aliphatic carboxylic acids is 1. The van der Waals surface area contributed by atoms with Crippen LogP contribution in [0.1, 0.15) is 12.5 Å². The lowest BCUT2D eigenvalue weighted by Gasteiger charge is -2.10. The van der Waals surface area contributed by atoms with Gasteiger partial charge in [-0.3, -0.25) is 9.78 Å². The molecule has 0 aliphatic rings. The van der Waals surface area contributed by atoms with Gasteiger partial charge in [0, 0.05) is 16.5 Å². The number of benzene rings is 2. The highest BCUT2D eigenvalue weighted by atomic mass is 32.2. The first-order valence-corrected chi connectivity index (χ1v) is 8.28. The van der Waals surface area contributed by atoms with Gasteiger partial charge in [0.1, 0.15) is 5.25 Å². The molecule has 1 N–H and O–H groups in total. The number of rotatable bonds is 4. The Labute approximate surface area is 139 Å². The van der Waals surface area contributed by atoms with E-state index in [0.29, 0.717) is 0 Å². The fourth-order valence-corrected chi connectivity index (χ4v) is 3.38. The van der Waals surface area contributed by atoms with Gasteiger partial charge in [-0.25, -0.2) is 0 Å². The number of pyridine rings is 1. The van der Waals surface area contributed by atoms with Crippen LogP contribution in [0.3, 0.4) is 0 Å². The second-order valence-corrected chi connectivity index (χ2v) is 6.89. The SMILES string of the molecule is Cc1cccc(-c2ccc3nccc(SC(C)C(=O)O)c3c2)c1. The zero-order chi connectivity index (χ0) is 16.4. The van der Waals surface area contributed by atoms with E-state index in [1.165, 1.54) is 17.3 Å². The van der Waals surface area contributed by atoms with Gasteiger partial charge in [0.25, 0.3) is 0 Å². The maximum absolute atomic E-state index is 11.1. The van der Waals surface area contributed by atoms with Crippen molar-refractivity contribution in [3.8, 4) is 11.1 Å². The predicted octanol–water partition coefficient (Wildman–Crippen LogP) is 4.78. The van der Waals surface area contributed by atoms with Crippen LogP contribution < -0.4 is 0 Å². The van der Waals surface area contributed by atoms with E-state index in [1.807, 2.05) is 18.2 Å². The molecule has 3 nitrogen and oxygen atoms in total. The molecule has 0 amide bonds. The minimum absolute atomic E-state index is 0.497. The number of fused-ring (bicyclic) bond motifs is 1. The molecule has 1 unspecified atom stereocenters. The van der Waals surface area contributed by atoms with Gasteiger partial charge in [-0.2, -0.15) is 0 Å². The molecule has 0 saturated heterocycles. The molecule has 0 spiro atoms. The van der Waals surface area contributed by atoms with Gasteiger partial charge in [-0.15, -0.1) is 11.8 Å². The van der Waals surface area contributed by atoms with Gasteiger partial charge in [-0.1, -0.05) is 35.9 Å². The Morgan fingerprint density at radius 1 is 1.13 bits per heavy atom. The Bertz CT molecular complexity index is 876. The monoisotopic (exact) mass is 323 g/mol. The third-order valence-electron chi connectivity index (χ3n) is 3.70. The standard InChI is InChI=1S/C19H17NO2S/c1-12-4-3-5-14(10-12)15-6-7-17-16(11-15)18(8-9-20-17)23-13(2)19(21)22/h3-11,13H,1-2H3,(H,21,22). The van der Waals surface area contributed by atoms with Gasteiger partial charge in [0.2, 0.25) is 0 Å².